The summed E-state index contributed by atoms with van der Waals surface area (Å²) >= 11 is 6.09. The van der Waals surface area contributed by atoms with Crippen LogP contribution in [0.5, 0.6) is 0 Å². The molecule has 1 aromatic heterocycles. The van der Waals surface area contributed by atoms with Gasteiger partial charge >= 0.3 is 0 Å². The van der Waals surface area contributed by atoms with E-state index in [9.17, 15) is 4.79 Å². The number of benzene rings is 1. The summed E-state index contributed by atoms with van der Waals surface area (Å²) in [5.41, 5.74) is 1.02. The molecule has 0 spiro atoms. The van der Waals surface area contributed by atoms with E-state index in [0.717, 1.165) is 38.5 Å². The number of carbonyl (C=O) groups excluding carboxylic acids is 1. The SMILES string of the molecule is O=C(NCCN1CCOCC1)c1cnc(Nc2ccccc2Cl)cn1. The van der Waals surface area contributed by atoms with Crippen molar-refractivity contribution in [1.29, 1.82) is 0 Å². The summed E-state index contributed by atoms with van der Waals surface area (Å²) in [5, 5.41) is 6.52. The topological polar surface area (TPSA) is 79.4 Å². The normalized spacial score (nSPS) is 14.9. The van der Waals surface area contributed by atoms with Gasteiger partial charge in [-0.15, -0.1) is 0 Å². The van der Waals surface area contributed by atoms with Gasteiger partial charge in [-0.05, 0) is 12.1 Å². The quantitative estimate of drug-likeness (QED) is 0.818. The first kappa shape index (κ1) is 17.6. The van der Waals surface area contributed by atoms with Crippen LogP contribution in [0.3, 0.4) is 0 Å². The Labute approximate surface area is 151 Å². The number of hydrogen-bond acceptors (Lipinski definition) is 6. The number of ether oxygens (including phenoxy) is 1. The third-order valence-electron chi connectivity index (χ3n) is 3.84. The van der Waals surface area contributed by atoms with Crippen LogP contribution in [0.4, 0.5) is 11.5 Å². The van der Waals surface area contributed by atoms with Gasteiger partial charge in [-0.2, -0.15) is 0 Å². The Hall–Kier alpha value is -2.22. The fraction of sp³-hybridized carbons (Fsp3) is 0.353. The molecule has 0 radical (unpaired) electrons. The summed E-state index contributed by atoms with van der Waals surface area (Å²) in [6.07, 6.45) is 2.96. The monoisotopic (exact) mass is 361 g/mol. The minimum Gasteiger partial charge on any atom is -0.379 e. The number of nitrogens with one attached hydrogen (secondary N) is 2. The number of para-hydroxylation sites is 1. The lowest BCUT2D eigenvalue weighted by atomic mass is 10.3. The Kier molecular flexibility index (Phi) is 6.16. The van der Waals surface area contributed by atoms with Crippen LogP contribution in [-0.2, 0) is 4.74 Å². The van der Waals surface area contributed by atoms with Crippen LogP contribution in [0.25, 0.3) is 0 Å². The molecule has 2 aromatic rings. The van der Waals surface area contributed by atoms with Gasteiger partial charge in [0, 0.05) is 26.2 Å². The Balaban J connectivity index is 1.49. The number of aromatic nitrogens is 2. The molecule has 25 heavy (non-hydrogen) atoms. The molecule has 1 aliphatic rings. The summed E-state index contributed by atoms with van der Waals surface area (Å²) in [4.78, 5) is 22.7. The zero-order chi connectivity index (χ0) is 17.5. The van der Waals surface area contributed by atoms with E-state index in [-0.39, 0.29) is 11.6 Å². The first-order chi connectivity index (χ1) is 12.2. The predicted molar refractivity (Wildman–Crippen MR) is 96.4 cm³/mol. The first-order valence-electron chi connectivity index (χ1n) is 8.14. The van der Waals surface area contributed by atoms with Gasteiger partial charge in [0.2, 0.25) is 0 Å². The standard InChI is InChI=1S/C17H20ClN5O2/c18-13-3-1-2-4-14(13)22-16-12-20-15(11-21-16)17(24)19-5-6-23-7-9-25-10-8-23/h1-4,11-12H,5-10H2,(H,19,24)(H,21,22). The minimum absolute atomic E-state index is 0.231. The number of morpholine rings is 1. The highest BCUT2D eigenvalue weighted by Crippen LogP contribution is 2.23. The third kappa shape index (κ3) is 5.12. The van der Waals surface area contributed by atoms with Crippen molar-refractivity contribution in [2.75, 3.05) is 44.7 Å². The fourth-order valence-electron chi connectivity index (χ4n) is 2.45. The van der Waals surface area contributed by atoms with E-state index in [1.807, 2.05) is 18.2 Å². The number of nitrogens with zero attached hydrogens (tertiary/aromatic N) is 3. The highest BCUT2D eigenvalue weighted by Gasteiger charge is 2.12. The Morgan fingerprint density at radius 2 is 2.00 bits per heavy atom. The highest BCUT2D eigenvalue weighted by molar-refractivity contribution is 6.33. The summed E-state index contributed by atoms with van der Waals surface area (Å²) < 4.78 is 5.30. The summed E-state index contributed by atoms with van der Waals surface area (Å²) in [6.45, 7) is 4.67. The maximum absolute atomic E-state index is 12.1. The van der Waals surface area contributed by atoms with Gasteiger partial charge in [0.25, 0.3) is 5.91 Å². The average Bonchev–Trinajstić information content (AvgIpc) is 2.65. The molecule has 2 heterocycles. The molecule has 2 N–H and O–H groups in total. The molecule has 132 valence electrons. The lowest BCUT2D eigenvalue weighted by Gasteiger charge is -2.26. The first-order valence-corrected chi connectivity index (χ1v) is 8.52. The van der Waals surface area contributed by atoms with Gasteiger partial charge in [0.1, 0.15) is 11.5 Å². The van der Waals surface area contributed by atoms with E-state index in [2.05, 4.69) is 25.5 Å². The molecule has 0 aliphatic carbocycles. The fourth-order valence-corrected chi connectivity index (χ4v) is 2.64. The Morgan fingerprint density at radius 3 is 2.72 bits per heavy atom. The van der Waals surface area contributed by atoms with Crippen LogP contribution in [0, 0.1) is 0 Å². The van der Waals surface area contributed by atoms with Crippen molar-refractivity contribution in [1.82, 2.24) is 20.2 Å². The van der Waals surface area contributed by atoms with Gasteiger partial charge < -0.3 is 15.4 Å². The smallest absolute Gasteiger partial charge is 0.271 e. The van der Waals surface area contributed by atoms with Crippen molar-refractivity contribution in [2.45, 2.75) is 0 Å². The summed E-state index contributed by atoms with van der Waals surface area (Å²) in [5.74, 6) is 0.294. The van der Waals surface area contributed by atoms with Gasteiger partial charge in [-0.25, -0.2) is 9.97 Å². The highest BCUT2D eigenvalue weighted by atomic mass is 35.5. The molecule has 0 atom stereocenters. The van der Waals surface area contributed by atoms with Crippen molar-refractivity contribution >= 4 is 29.0 Å². The molecular formula is C17H20ClN5O2. The number of anilines is 2. The van der Waals surface area contributed by atoms with E-state index in [0.29, 0.717) is 17.4 Å². The van der Waals surface area contributed by atoms with Gasteiger partial charge in [-0.1, -0.05) is 23.7 Å². The second-order valence-corrected chi connectivity index (χ2v) is 6.01. The zero-order valence-corrected chi connectivity index (χ0v) is 14.5. The van der Waals surface area contributed by atoms with E-state index >= 15 is 0 Å². The van der Waals surface area contributed by atoms with Crippen LogP contribution >= 0.6 is 11.6 Å². The molecule has 1 fully saturated rings. The zero-order valence-electron chi connectivity index (χ0n) is 13.7. The Morgan fingerprint density at radius 1 is 1.20 bits per heavy atom. The van der Waals surface area contributed by atoms with Crippen LogP contribution < -0.4 is 10.6 Å². The van der Waals surface area contributed by atoms with Gasteiger partial charge in [0.05, 0.1) is 36.3 Å². The average molecular weight is 362 g/mol. The maximum Gasteiger partial charge on any atom is 0.271 e. The van der Waals surface area contributed by atoms with E-state index in [1.165, 1.54) is 12.4 Å². The van der Waals surface area contributed by atoms with Crippen LogP contribution in [0.1, 0.15) is 10.5 Å². The van der Waals surface area contributed by atoms with Crippen molar-refractivity contribution < 1.29 is 9.53 Å². The second kappa shape index (κ2) is 8.75. The third-order valence-corrected chi connectivity index (χ3v) is 4.17. The molecule has 0 saturated carbocycles. The lowest BCUT2D eigenvalue weighted by Crippen LogP contribution is -2.41. The minimum atomic E-state index is -0.231. The number of amides is 1. The van der Waals surface area contributed by atoms with Crippen molar-refractivity contribution in [3.63, 3.8) is 0 Å². The molecule has 1 aliphatic heterocycles. The largest absolute Gasteiger partial charge is 0.379 e. The van der Waals surface area contributed by atoms with Crippen LogP contribution in [0.15, 0.2) is 36.7 Å². The number of halogens is 1. The van der Waals surface area contributed by atoms with Crippen molar-refractivity contribution in [2.24, 2.45) is 0 Å². The number of rotatable bonds is 6. The van der Waals surface area contributed by atoms with Crippen molar-refractivity contribution in [3.05, 3.63) is 47.4 Å². The molecule has 1 aromatic carbocycles. The molecule has 3 rings (SSSR count). The second-order valence-electron chi connectivity index (χ2n) is 5.60. The van der Waals surface area contributed by atoms with Gasteiger partial charge in [0.15, 0.2) is 0 Å². The van der Waals surface area contributed by atoms with E-state index in [1.54, 1.807) is 6.07 Å². The number of hydrogen-bond donors (Lipinski definition) is 2. The lowest BCUT2D eigenvalue weighted by molar-refractivity contribution is 0.0383. The number of carbonyl (C=O) groups is 1. The van der Waals surface area contributed by atoms with E-state index in [4.69, 9.17) is 16.3 Å². The molecule has 1 saturated heterocycles. The molecule has 8 heteroatoms. The van der Waals surface area contributed by atoms with Crippen LogP contribution in [0.2, 0.25) is 5.02 Å². The maximum atomic E-state index is 12.1. The van der Waals surface area contributed by atoms with Crippen molar-refractivity contribution in [3.8, 4) is 0 Å². The predicted octanol–water partition coefficient (Wildman–Crippen LogP) is 1.94. The molecule has 0 unspecified atom stereocenters. The summed E-state index contributed by atoms with van der Waals surface area (Å²) in [7, 11) is 0. The Bertz CT molecular complexity index is 704. The molecular weight excluding hydrogens is 342 g/mol. The molecule has 7 nitrogen and oxygen atoms in total. The van der Waals surface area contributed by atoms with Gasteiger partial charge in [-0.3, -0.25) is 9.69 Å². The molecule has 1 amide bonds. The van der Waals surface area contributed by atoms with E-state index < -0.39 is 0 Å². The van der Waals surface area contributed by atoms with Crippen LogP contribution in [-0.4, -0.2) is 60.2 Å². The molecule has 0 bridgehead atoms. The summed E-state index contributed by atoms with van der Waals surface area (Å²) in [6, 6.07) is 7.35.